The van der Waals surface area contributed by atoms with Crippen LogP contribution in [0.2, 0.25) is 0 Å². The first-order valence-electron chi connectivity index (χ1n) is 0. The van der Waals surface area contributed by atoms with Gasteiger partial charge >= 0.3 is 17.1 Å². The van der Waals surface area contributed by atoms with Gasteiger partial charge in [-0.2, -0.15) is 0 Å². The Labute approximate surface area is 105 Å². The summed E-state index contributed by atoms with van der Waals surface area (Å²) in [6.07, 6.45) is 0. The molecule has 0 saturated carbocycles. The van der Waals surface area contributed by atoms with Gasteiger partial charge in [0.1, 0.15) is 0 Å². The average molecular weight is 563 g/mol. The molecule has 0 amide bonds. The molecule has 0 aromatic carbocycles. The molecule has 0 aromatic heterocycles. The van der Waals surface area contributed by atoms with Crippen LogP contribution in [-0.2, 0) is 38.1 Å². The molecule has 6 heavy (non-hydrogen) atoms. The number of rotatable bonds is 0. The fraction of sp³-hybridized carbons (Fsp3) is 0. The molecule has 0 unspecified atom stereocenters. The predicted octanol–water partition coefficient (Wildman–Crippen LogP) is -1.53. The maximum absolute atomic E-state index is 0. The van der Waals surface area contributed by atoms with E-state index in [1.54, 1.807) is 0 Å². The molecule has 0 heterocycles. The summed E-state index contributed by atoms with van der Waals surface area (Å²) in [5, 5.41) is 0. The maximum atomic E-state index is 0. The smallest absolute Gasteiger partial charge is 2.00 e. The zero-order valence-electron chi connectivity index (χ0n) is 2.34. The largest absolute Gasteiger partial charge is 2.00 e. The second kappa shape index (κ2) is 40.7. The predicted molar refractivity (Wildman–Crippen MR) is 23.0 cm³/mol. The van der Waals surface area contributed by atoms with Crippen molar-refractivity contribution in [3.63, 3.8) is 0 Å². The van der Waals surface area contributed by atoms with Gasteiger partial charge in [-0.1, -0.05) is 0 Å². The van der Waals surface area contributed by atoms with Crippen LogP contribution in [0.15, 0.2) is 0 Å². The minimum absolute atomic E-state index is 0. The Bertz CT molecular complexity index is 7.51. The van der Waals surface area contributed by atoms with Crippen molar-refractivity contribution in [3.05, 3.63) is 0 Å². The SMILES string of the molecule is [Cu+2].[Se-2].[Se-2].[Se-2].[Se-2].[W]. The molecule has 0 atom stereocenters. The van der Waals surface area contributed by atoms with E-state index in [0.717, 1.165) is 0 Å². The van der Waals surface area contributed by atoms with Crippen molar-refractivity contribution < 1.29 is 38.1 Å². The summed E-state index contributed by atoms with van der Waals surface area (Å²) in [7, 11) is 0. The van der Waals surface area contributed by atoms with Gasteiger partial charge in [-0.05, 0) is 0 Å². The van der Waals surface area contributed by atoms with Crippen LogP contribution < -0.4 is 0 Å². The monoisotopic (exact) mass is 567 g/mol. The van der Waals surface area contributed by atoms with E-state index in [1.807, 2.05) is 0 Å². The zero-order chi connectivity index (χ0) is 0. The van der Waals surface area contributed by atoms with Gasteiger partial charge in [-0.25, -0.2) is 0 Å². The molecular weight excluding hydrogens is 563 g/mol. The molecule has 0 rings (SSSR count). The van der Waals surface area contributed by atoms with Crippen LogP contribution in [0.4, 0.5) is 0 Å². The fourth-order valence-corrected chi connectivity index (χ4v) is 0. The molecule has 6 heteroatoms. The molecule has 1 radical (unpaired) electrons. The van der Waals surface area contributed by atoms with Gasteiger partial charge in [0.25, 0.3) is 0 Å². The van der Waals surface area contributed by atoms with Crippen molar-refractivity contribution in [1.29, 1.82) is 0 Å². The van der Waals surface area contributed by atoms with E-state index in [-0.39, 0.29) is 106 Å². The van der Waals surface area contributed by atoms with Crippen LogP contribution in [0.3, 0.4) is 0 Å². The van der Waals surface area contributed by atoms with Crippen molar-refractivity contribution >= 4 is 68.3 Å². The van der Waals surface area contributed by atoms with E-state index < -0.39 is 0 Å². The molecule has 0 aliphatic heterocycles. The quantitative estimate of drug-likeness (QED) is 0.315. The molecule has 0 N–H and O–H groups in total. The summed E-state index contributed by atoms with van der Waals surface area (Å²) < 4.78 is 0. The van der Waals surface area contributed by atoms with Gasteiger partial charge in [0.2, 0.25) is 0 Å². The summed E-state index contributed by atoms with van der Waals surface area (Å²) in [5.74, 6) is 0. The summed E-state index contributed by atoms with van der Waals surface area (Å²) in [5.41, 5.74) is 0. The molecule has 47 valence electrons. The summed E-state index contributed by atoms with van der Waals surface area (Å²) in [6.45, 7) is 0. The number of hydrogen-bond acceptors (Lipinski definition) is 0. The molecule has 0 fully saturated rings. The Balaban J connectivity index is 0. The Morgan fingerprint density at radius 1 is 0.500 bits per heavy atom. The molecule has 0 aliphatic rings. The van der Waals surface area contributed by atoms with E-state index in [4.69, 9.17) is 0 Å². The summed E-state index contributed by atoms with van der Waals surface area (Å²) >= 11 is 0. The third-order valence-electron chi connectivity index (χ3n) is 0. The van der Waals surface area contributed by atoms with Crippen molar-refractivity contribution in [3.8, 4) is 0 Å². The topological polar surface area (TPSA) is 0 Å². The van der Waals surface area contributed by atoms with Gasteiger partial charge in [0.15, 0.2) is 0 Å². The molecule has 0 bridgehead atoms. The van der Waals surface area contributed by atoms with Gasteiger partial charge < -0.3 is 68.3 Å². The maximum Gasteiger partial charge on any atom is 2.00 e. The second-order valence-electron chi connectivity index (χ2n) is 0. The Morgan fingerprint density at radius 2 is 0.500 bits per heavy atom. The fourth-order valence-electron chi connectivity index (χ4n) is 0. The van der Waals surface area contributed by atoms with E-state index >= 15 is 0 Å². The van der Waals surface area contributed by atoms with Gasteiger partial charge in [0.05, 0.1) is 0 Å². The Morgan fingerprint density at radius 3 is 0.500 bits per heavy atom. The van der Waals surface area contributed by atoms with Crippen LogP contribution >= 0.6 is 0 Å². The van der Waals surface area contributed by atoms with Crippen LogP contribution in [0.5, 0.6) is 0 Å². The van der Waals surface area contributed by atoms with Crippen molar-refractivity contribution in [2.75, 3.05) is 0 Å². The third kappa shape index (κ3) is 26.7. The number of hydrogen-bond donors (Lipinski definition) is 0. The van der Waals surface area contributed by atoms with E-state index in [0.29, 0.717) is 0 Å². The van der Waals surface area contributed by atoms with E-state index in [2.05, 4.69) is 0 Å². The van der Waals surface area contributed by atoms with Crippen molar-refractivity contribution in [2.45, 2.75) is 0 Å². The minimum atomic E-state index is 0. The third-order valence-corrected chi connectivity index (χ3v) is 0. The minimum Gasteiger partial charge on any atom is -2.00 e. The summed E-state index contributed by atoms with van der Waals surface area (Å²) in [6, 6.07) is 0. The Hall–Kier alpha value is 3.29. The zero-order valence-corrected chi connectivity index (χ0v) is 13.1. The average Bonchev–Trinajstić information content (AvgIpc) is 0. The normalized spacial score (nSPS) is 0. The van der Waals surface area contributed by atoms with Crippen LogP contribution in [-0.4, -0.2) is 68.3 Å². The second-order valence-corrected chi connectivity index (χ2v) is 0. The first-order valence-corrected chi connectivity index (χ1v) is 0. The molecule has 0 nitrogen and oxygen atoms in total. The van der Waals surface area contributed by atoms with E-state index in [9.17, 15) is 0 Å². The molecular formula is CuSe4W-6. The Kier molecular flexibility index (Phi) is 401. The van der Waals surface area contributed by atoms with Gasteiger partial charge in [-0.3, -0.25) is 0 Å². The molecule has 0 spiro atoms. The first kappa shape index (κ1) is 59.0. The van der Waals surface area contributed by atoms with Gasteiger partial charge in [-0.15, -0.1) is 0 Å². The van der Waals surface area contributed by atoms with Crippen molar-refractivity contribution in [2.24, 2.45) is 0 Å². The summed E-state index contributed by atoms with van der Waals surface area (Å²) in [4.78, 5) is 0. The van der Waals surface area contributed by atoms with E-state index in [1.165, 1.54) is 0 Å². The van der Waals surface area contributed by atoms with Crippen molar-refractivity contribution in [1.82, 2.24) is 0 Å². The first-order chi connectivity index (χ1) is 0. The van der Waals surface area contributed by atoms with Crippen LogP contribution in [0.25, 0.3) is 0 Å². The molecule has 0 aromatic rings. The van der Waals surface area contributed by atoms with Gasteiger partial charge in [0, 0.05) is 21.1 Å². The van der Waals surface area contributed by atoms with Crippen LogP contribution in [0, 0.1) is 0 Å². The molecule has 0 aliphatic carbocycles. The van der Waals surface area contributed by atoms with Crippen LogP contribution in [0.1, 0.15) is 0 Å². The molecule has 0 saturated heterocycles. The standard InChI is InChI=1S/Cu.4Se.W/q+2;4*-2;.